The summed E-state index contributed by atoms with van der Waals surface area (Å²) in [5.74, 6) is 1.41. The molecule has 4 atom stereocenters. The standard InChI is InChI=1S/C33H48N6O4/c1-20-14-27(38(18-20)30(40)42-32(4,5)6)22(3)36-25(16-34)23-10-12-24(13-11-23)26-17-35-29(37-26)28-15-21(2)19-39(28)31(41)43-33(7,8)9/h10-13,16-17,20-21,27-28,36H,3,14-15,18-19,34H2,1-2,4-9H3,(H,35,37)/b25-16-/t20-,21-,27-,28-/m0/s1. The average molecular weight is 593 g/mol. The molecule has 1 aromatic heterocycles. The Morgan fingerprint density at radius 2 is 1.53 bits per heavy atom. The molecule has 4 rings (SSSR count). The van der Waals surface area contributed by atoms with Gasteiger partial charge in [0.15, 0.2) is 0 Å². The van der Waals surface area contributed by atoms with Crippen LogP contribution in [0.15, 0.2) is 48.9 Å². The van der Waals surface area contributed by atoms with Crippen molar-refractivity contribution in [1.29, 1.82) is 0 Å². The lowest BCUT2D eigenvalue weighted by atomic mass is 10.0. The number of nitrogens with one attached hydrogen (secondary N) is 2. The van der Waals surface area contributed by atoms with Crippen molar-refractivity contribution >= 4 is 17.9 Å². The number of benzene rings is 1. The number of nitrogens with two attached hydrogens (primary N) is 1. The third-order valence-electron chi connectivity index (χ3n) is 7.56. The molecule has 0 aliphatic carbocycles. The van der Waals surface area contributed by atoms with Crippen LogP contribution in [0.25, 0.3) is 17.0 Å². The normalized spacial score (nSPS) is 22.9. The lowest BCUT2D eigenvalue weighted by Gasteiger charge is -2.30. The fourth-order valence-corrected chi connectivity index (χ4v) is 5.67. The Morgan fingerprint density at radius 1 is 0.977 bits per heavy atom. The molecule has 10 heteroatoms. The molecule has 3 heterocycles. The van der Waals surface area contributed by atoms with Gasteiger partial charge in [-0.25, -0.2) is 14.6 Å². The van der Waals surface area contributed by atoms with Crippen LogP contribution in [0.1, 0.15) is 85.7 Å². The van der Waals surface area contributed by atoms with Gasteiger partial charge in [0.05, 0.1) is 29.7 Å². The lowest BCUT2D eigenvalue weighted by Crippen LogP contribution is -2.42. The van der Waals surface area contributed by atoms with Gasteiger partial charge in [0.2, 0.25) is 0 Å². The van der Waals surface area contributed by atoms with Gasteiger partial charge in [-0.05, 0) is 77.3 Å². The monoisotopic (exact) mass is 592 g/mol. The summed E-state index contributed by atoms with van der Waals surface area (Å²) >= 11 is 0. The highest BCUT2D eigenvalue weighted by Crippen LogP contribution is 2.36. The first-order chi connectivity index (χ1) is 20.0. The van der Waals surface area contributed by atoms with Gasteiger partial charge in [-0.3, -0.25) is 9.80 Å². The summed E-state index contributed by atoms with van der Waals surface area (Å²) in [6, 6.07) is 7.56. The van der Waals surface area contributed by atoms with Gasteiger partial charge in [-0.2, -0.15) is 0 Å². The first-order valence-corrected chi connectivity index (χ1v) is 15.1. The number of aromatic nitrogens is 2. The largest absolute Gasteiger partial charge is 0.444 e. The van der Waals surface area contributed by atoms with E-state index in [2.05, 4.69) is 35.7 Å². The number of hydrogen-bond acceptors (Lipinski definition) is 7. The second-order valence-corrected chi connectivity index (χ2v) is 14.0. The Labute approximate surface area is 255 Å². The summed E-state index contributed by atoms with van der Waals surface area (Å²) in [5, 5.41) is 3.35. The molecule has 2 fully saturated rings. The molecule has 0 radical (unpaired) electrons. The molecular formula is C33H48N6O4. The van der Waals surface area contributed by atoms with Crippen molar-refractivity contribution in [2.75, 3.05) is 13.1 Å². The predicted octanol–water partition coefficient (Wildman–Crippen LogP) is 6.40. The number of likely N-dealkylation sites (tertiary alicyclic amines) is 2. The van der Waals surface area contributed by atoms with Crippen LogP contribution in [0.5, 0.6) is 0 Å². The topological polar surface area (TPSA) is 126 Å². The number of imidazole rings is 1. The van der Waals surface area contributed by atoms with Gasteiger partial charge >= 0.3 is 12.2 Å². The molecule has 2 aliphatic heterocycles. The highest BCUT2D eigenvalue weighted by atomic mass is 16.6. The number of carbonyl (C=O) groups excluding carboxylic acids is 2. The van der Waals surface area contributed by atoms with Gasteiger partial charge in [0.1, 0.15) is 17.0 Å². The Hall–Kier alpha value is -3.95. The number of carbonyl (C=O) groups is 2. The maximum absolute atomic E-state index is 12.9. The van der Waals surface area contributed by atoms with Gasteiger partial charge in [-0.15, -0.1) is 0 Å². The molecular weight excluding hydrogens is 544 g/mol. The zero-order chi connectivity index (χ0) is 31.7. The molecule has 0 bridgehead atoms. The third kappa shape index (κ3) is 7.91. The van der Waals surface area contributed by atoms with Crippen LogP contribution >= 0.6 is 0 Å². The molecule has 0 unspecified atom stereocenters. The number of ether oxygens (including phenoxy) is 2. The molecule has 234 valence electrons. The Bertz CT molecular complexity index is 1350. The fourth-order valence-electron chi connectivity index (χ4n) is 5.67. The Kier molecular flexibility index (Phi) is 9.18. The van der Waals surface area contributed by atoms with Crippen molar-refractivity contribution < 1.29 is 19.1 Å². The minimum atomic E-state index is -0.575. The third-order valence-corrected chi connectivity index (χ3v) is 7.56. The van der Waals surface area contributed by atoms with Gasteiger partial charge in [-0.1, -0.05) is 44.7 Å². The molecule has 4 N–H and O–H groups in total. The van der Waals surface area contributed by atoms with Gasteiger partial charge in [0.25, 0.3) is 0 Å². The smallest absolute Gasteiger partial charge is 0.410 e. The maximum Gasteiger partial charge on any atom is 0.410 e. The fraction of sp³-hybridized carbons (Fsp3) is 0.545. The number of rotatable bonds is 6. The summed E-state index contributed by atoms with van der Waals surface area (Å²) in [7, 11) is 0. The second-order valence-electron chi connectivity index (χ2n) is 14.0. The molecule has 43 heavy (non-hydrogen) atoms. The predicted molar refractivity (Wildman–Crippen MR) is 168 cm³/mol. The SMILES string of the molecule is C=C(N/C(=C\N)c1ccc(-c2cnc([C@@H]3C[C@H](C)CN3C(=O)OC(C)(C)C)[nH]2)cc1)[C@@H]1C[C@H](C)CN1C(=O)OC(C)(C)C. The average Bonchev–Trinajstić information content (AvgIpc) is 3.63. The van der Waals surface area contributed by atoms with E-state index in [0.29, 0.717) is 36.3 Å². The number of aromatic amines is 1. The second kappa shape index (κ2) is 12.3. The van der Waals surface area contributed by atoms with Crippen LogP contribution in [0.4, 0.5) is 9.59 Å². The van der Waals surface area contributed by atoms with Crippen molar-refractivity contribution in [3.63, 3.8) is 0 Å². The van der Waals surface area contributed by atoms with E-state index in [1.54, 1.807) is 16.0 Å². The highest BCUT2D eigenvalue weighted by molar-refractivity contribution is 5.72. The van der Waals surface area contributed by atoms with Gasteiger partial charge < -0.3 is 25.5 Å². The molecule has 2 aromatic rings. The van der Waals surface area contributed by atoms with E-state index in [1.165, 1.54) is 6.20 Å². The van der Waals surface area contributed by atoms with Crippen LogP contribution in [-0.2, 0) is 9.47 Å². The minimum Gasteiger partial charge on any atom is -0.444 e. The lowest BCUT2D eigenvalue weighted by molar-refractivity contribution is 0.0211. The van der Waals surface area contributed by atoms with E-state index in [9.17, 15) is 9.59 Å². The highest BCUT2D eigenvalue weighted by Gasteiger charge is 2.39. The van der Waals surface area contributed by atoms with Crippen molar-refractivity contribution in [2.24, 2.45) is 17.6 Å². The first-order valence-electron chi connectivity index (χ1n) is 15.1. The Balaban J connectivity index is 1.44. The molecule has 0 saturated carbocycles. The minimum absolute atomic E-state index is 0.168. The quantitative estimate of drug-likeness (QED) is 0.354. The summed E-state index contributed by atoms with van der Waals surface area (Å²) in [4.78, 5) is 37.4. The molecule has 0 spiro atoms. The molecule has 2 saturated heterocycles. The first kappa shape index (κ1) is 32.0. The molecule has 10 nitrogen and oxygen atoms in total. The van der Waals surface area contributed by atoms with E-state index in [0.717, 1.165) is 35.5 Å². The number of amides is 2. The summed E-state index contributed by atoms with van der Waals surface area (Å²) in [6.45, 7) is 21.0. The van der Waals surface area contributed by atoms with Crippen molar-refractivity contribution in [3.8, 4) is 11.3 Å². The van der Waals surface area contributed by atoms with Crippen LogP contribution in [0, 0.1) is 11.8 Å². The summed E-state index contributed by atoms with van der Waals surface area (Å²) in [5.41, 5.74) is 8.97. The zero-order valence-corrected chi connectivity index (χ0v) is 26.9. The number of hydrogen-bond donors (Lipinski definition) is 3. The zero-order valence-electron chi connectivity index (χ0n) is 26.9. The van der Waals surface area contributed by atoms with E-state index >= 15 is 0 Å². The number of nitrogens with zero attached hydrogens (tertiary/aromatic N) is 3. The summed E-state index contributed by atoms with van der Waals surface area (Å²) < 4.78 is 11.3. The number of H-pyrrole nitrogens is 1. The van der Waals surface area contributed by atoms with Crippen LogP contribution in [0.3, 0.4) is 0 Å². The molecule has 1 aromatic carbocycles. The van der Waals surface area contributed by atoms with Crippen molar-refractivity contribution in [2.45, 2.75) is 91.5 Å². The van der Waals surface area contributed by atoms with E-state index < -0.39 is 11.2 Å². The van der Waals surface area contributed by atoms with Gasteiger partial charge in [0, 0.05) is 25.0 Å². The van der Waals surface area contributed by atoms with Crippen molar-refractivity contribution in [1.82, 2.24) is 25.1 Å². The van der Waals surface area contributed by atoms with Crippen molar-refractivity contribution in [3.05, 3.63) is 60.3 Å². The van der Waals surface area contributed by atoms with E-state index in [1.807, 2.05) is 65.8 Å². The van der Waals surface area contributed by atoms with E-state index in [4.69, 9.17) is 15.2 Å². The van der Waals surface area contributed by atoms with E-state index in [-0.39, 0.29) is 24.3 Å². The Morgan fingerprint density at radius 3 is 2.12 bits per heavy atom. The summed E-state index contributed by atoms with van der Waals surface area (Å²) in [6.07, 6.45) is 4.25. The van der Waals surface area contributed by atoms with Crippen LogP contribution in [0.2, 0.25) is 0 Å². The van der Waals surface area contributed by atoms with Crippen LogP contribution in [-0.4, -0.2) is 62.3 Å². The molecule has 2 amide bonds. The van der Waals surface area contributed by atoms with Crippen LogP contribution < -0.4 is 11.1 Å². The molecule has 2 aliphatic rings. The maximum atomic E-state index is 12.9.